The minimum absolute atomic E-state index is 0. The predicted octanol–water partition coefficient (Wildman–Crippen LogP) is -8.07. The summed E-state index contributed by atoms with van der Waals surface area (Å²) in [6.45, 7) is -1.39. The van der Waals surface area contributed by atoms with Crippen LogP contribution in [0.3, 0.4) is 0 Å². The minimum Gasteiger partial charge on any atom is -0.394 e. The zero-order chi connectivity index (χ0) is 53.1. The molecule has 16 N–H and O–H groups in total. The number of nitrogens with zero attached hydrogens (tertiary/aromatic N) is 8. The van der Waals surface area contributed by atoms with Crippen LogP contribution in [0.2, 0.25) is 0 Å². The SMILES string of the molecule is NC(=O)c1nccn(C2C[C@@H](O)[C@@H](CO)O2)c1=O.NC(=O)c1nccn(C2C[C@@H](O)[C@@H](CO)O2)c1=O.NC(=O)c1nccn(C2C[C@H](O)[C@@H](CO)O2)c1=O.NC(=O)c1nccn(C2C[C@H](O)[C@@H](CO)O2)c1=O.[Ac].[Ac].[Ac].[Ac]. The number of carbonyl (C=O) groups is 4. The predicted molar refractivity (Wildman–Crippen MR) is 235 cm³/mol. The Morgan fingerprint density at radius 1 is 0.408 bits per heavy atom. The Labute approximate surface area is 571 Å². The molecule has 0 spiro atoms. The first-order valence-electron chi connectivity index (χ1n) is 21.4. The van der Waals surface area contributed by atoms with Crippen molar-refractivity contribution in [2.24, 2.45) is 22.9 Å². The van der Waals surface area contributed by atoms with E-state index in [1.54, 1.807) is 0 Å². The molecule has 32 nitrogen and oxygen atoms in total. The molecule has 4 fully saturated rings. The van der Waals surface area contributed by atoms with E-state index < -0.39 is 120 Å². The molecule has 4 aliphatic heterocycles. The molecule has 404 valence electrons. The molecule has 0 bridgehead atoms. The molecule has 4 saturated heterocycles. The van der Waals surface area contributed by atoms with Gasteiger partial charge in [-0.3, -0.25) is 56.6 Å². The normalized spacial score (nSPS) is 25.9. The first-order chi connectivity index (χ1) is 34.2. The summed E-state index contributed by atoms with van der Waals surface area (Å²) in [7, 11) is 0. The fourth-order valence-corrected chi connectivity index (χ4v) is 7.48. The largest absolute Gasteiger partial charge is 0.394 e. The van der Waals surface area contributed by atoms with Crippen LogP contribution < -0.4 is 45.2 Å². The Balaban J connectivity index is 0.000000498. The van der Waals surface area contributed by atoms with Crippen molar-refractivity contribution in [1.29, 1.82) is 0 Å². The number of aliphatic hydroxyl groups excluding tert-OH is 8. The topological polar surface area (TPSA) is 511 Å². The molecule has 8 heterocycles. The Kier molecular flexibility index (Phi) is 32.7. The average Bonchev–Trinajstić information content (AvgIpc) is 4.13. The molecule has 0 saturated carbocycles. The number of nitrogens with two attached hydrogens (primary N) is 4. The van der Waals surface area contributed by atoms with Gasteiger partial charge in [-0.05, 0) is 0 Å². The van der Waals surface area contributed by atoms with E-state index in [1.165, 1.54) is 49.6 Å². The number of aliphatic hydroxyl groups is 8. The second-order valence-corrected chi connectivity index (χ2v) is 15.9. The Hall–Kier alpha value is -1.31. The summed E-state index contributed by atoms with van der Waals surface area (Å²) in [5.74, 6) is -3.70. The first-order valence-corrected chi connectivity index (χ1v) is 21.4. The molecule has 4 aromatic rings. The van der Waals surface area contributed by atoms with Gasteiger partial charge in [0.25, 0.3) is 45.9 Å². The van der Waals surface area contributed by atoms with E-state index >= 15 is 0 Å². The number of amides is 4. The first kappa shape index (κ1) is 72.7. The van der Waals surface area contributed by atoms with Crippen LogP contribution in [0, 0.1) is 176 Å². The summed E-state index contributed by atoms with van der Waals surface area (Å²) in [6, 6.07) is 0. The monoisotopic (exact) mass is 1930 g/mol. The number of hydrogen-bond acceptors (Lipinski definition) is 24. The van der Waals surface area contributed by atoms with Gasteiger partial charge in [0.05, 0.1) is 50.8 Å². The third-order valence-corrected chi connectivity index (χ3v) is 11.2. The van der Waals surface area contributed by atoms with Gasteiger partial charge in [-0.2, -0.15) is 0 Å². The maximum atomic E-state index is 11.9. The summed E-state index contributed by atoms with van der Waals surface area (Å²) >= 11 is 0. The summed E-state index contributed by atoms with van der Waals surface area (Å²) in [6.07, 6.45) is 1.55. The van der Waals surface area contributed by atoms with Crippen molar-refractivity contribution in [2.75, 3.05) is 26.4 Å². The van der Waals surface area contributed by atoms with Gasteiger partial charge in [-0.1, -0.05) is 0 Å². The maximum Gasteiger partial charge on any atom is 0.284 e. The van der Waals surface area contributed by atoms with Gasteiger partial charge in [0.2, 0.25) is 0 Å². The number of carbonyl (C=O) groups excluding carboxylic acids is 4. The van der Waals surface area contributed by atoms with Crippen LogP contribution in [0.25, 0.3) is 0 Å². The van der Waals surface area contributed by atoms with E-state index in [1.807, 2.05) is 0 Å². The quantitative estimate of drug-likeness (QED) is 0.0627. The smallest absolute Gasteiger partial charge is 0.284 e. The molecule has 4 unspecified atom stereocenters. The molecule has 76 heavy (non-hydrogen) atoms. The fraction of sp³-hybridized carbons (Fsp3) is 0.500. The van der Waals surface area contributed by atoms with Gasteiger partial charge in [0.1, 0.15) is 49.3 Å². The average molecular weight is 1930 g/mol. The van der Waals surface area contributed by atoms with Gasteiger partial charge in [-0.25, -0.2) is 19.9 Å². The number of aromatic nitrogens is 8. The second kappa shape index (κ2) is 34.2. The zero-order valence-electron chi connectivity index (χ0n) is 39.9. The van der Waals surface area contributed by atoms with Crippen molar-refractivity contribution in [1.82, 2.24) is 38.2 Å². The molecule has 36 heteroatoms. The third kappa shape index (κ3) is 18.3. The molecule has 4 aromatic heterocycles. The molecule has 8 rings (SSSR count). The van der Waals surface area contributed by atoms with Crippen LogP contribution in [-0.2, 0) is 18.9 Å². The molecule has 12 atom stereocenters. The molecule has 4 aliphatic rings. The van der Waals surface area contributed by atoms with Gasteiger partial charge in [0, 0.05) is 252 Å². The standard InChI is InChI=1S/4C10H13N3O5.4Ac/c4*11-9(16)8-10(17)13(2-1-12-8)7-3-5(15)6(4-14)18-7;;;;/h4*1-2,5-7,14-15H,3-4H2,(H2,11,16);;;;/t2*5-,6+,7?;2*5-,6-,7?;;;;/m0011..../s1. The minimum atomic E-state index is -0.924. The Bertz CT molecular complexity index is 2450. The molecular formula is C40H52Ac4N12O20. The van der Waals surface area contributed by atoms with E-state index in [0.29, 0.717) is 0 Å². The Morgan fingerprint density at radius 3 is 0.711 bits per heavy atom. The number of primary amides is 4. The Morgan fingerprint density at radius 2 is 0.579 bits per heavy atom. The van der Waals surface area contributed by atoms with Crippen LogP contribution >= 0.6 is 0 Å². The fourth-order valence-electron chi connectivity index (χ4n) is 7.48. The van der Waals surface area contributed by atoms with Crippen LogP contribution in [0.15, 0.2) is 68.8 Å². The van der Waals surface area contributed by atoms with Crippen molar-refractivity contribution in [3.63, 3.8) is 0 Å². The van der Waals surface area contributed by atoms with Crippen molar-refractivity contribution in [3.8, 4) is 0 Å². The second-order valence-electron chi connectivity index (χ2n) is 15.9. The molecule has 0 aliphatic carbocycles. The third-order valence-electron chi connectivity index (χ3n) is 11.2. The van der Waals surface area contributed by atoms with Gasteiger partial charge >= 0.3 is 0 Å². The van der Waals surface area contributed by atoms with Crippen molar-refractivity contribution >= 4 is 23.6 Å². The molecule has 4 radical (unpaired) electrons. The van der Waals surface area contributed by atoms with E-state index in [-0.39, 0.29) is 251 Å². The van der Waals surface area contributed by atoms with Gasteiger partial charge in [0.15, 0.2) is 22.8 Å². The summed E-state index contributed by atoms with van der Waals surface area (Å²) in [5, 5.41) is 74.1. The van der Waals surface area contributed by atoms with Crippen molar-refractivity contribution in [3.05, 3.63) is 114 Å². The van der Waals surface area contributed by atoms with Crippen LogP contribution in [0.5, 0.6) is 0 Å². The maximum absolute atomic E-state index is 11.9. The van der Waals surface area contributed by atoms with Crippen LogP contribution in [0.4, 0.5) is 0 Å². The number of hydrogen-bond donors (Lipinski definition) is 12. The summed E-state index contributed by atoms with van der Waals surface area (Å²) < 4.78 is 25.8. The van der Waals surface area contributed by atoms with E-state index in [9.17, 15) is 58.8 Å². The molecule has 4 amide bonds. The summed E-state index contributed by atoms with van der Waals surface area (Å²) in [5.41, 5.74) is 15.8. The van der Waals surface area contributed by atoms with Crippen LogP contribution in [0.1, 0.15) is 92.5 Å². The van der Waals surface area contributed by atoms with Crippen molar-refractivity contribution < 1.29 is 255 Å². The van der Waals surface area contributed by atoms with Crippen LogP contribution in [-0.4, -0.2) is 178 Å². The van der Waals surface area contributed by atoms with Crippen molar-refractivity contribution in [2.45, 2.75) is 99.4 Å². The number of rotatable bonds is 12. The van der Waals surface area contributed by atoms with E-state index in [4.69, 9.17) is 62.3 Å². The number of ether oxygens (including phenoxy) is 4. The summed E-state index contributed by atoms with van der Waals surface area (Å²) in [4.78, 5) is 106. The van der Waals surface area contributed by atoms with E-state index in [0.717, 1.165) is 18.3 Å². The van der Waals surface area contributed by atoms with E-state index in [2.05, 4.69) is 19.9 Å². The van der Waals surface area contributed by atoms with Gasteiger partial charge in [-0.15, -0.1) is 0 Å². The zero-order valence-corrected chi connectivity index (χ0v) is 58.9. The molecule has 0 aromatic carbocycles. The molecular weight excluding hydrogens is 1880 g/mol. The van der Waals surface area contributed by atoms with Gasteiger partial charge < -0.3 is 82.7 Å².